The van der Waals surface area contributed by atoms with Crippen molar-refractivity contribution in [2.45, 2.75) is 0 Å². The molecule has 120 valence electrons. The molecule has 0 aliphatic carbocycles. The summed E-state index contributed by atoms with van der Waals surface area (Å²) >= 11 is 12.2. The number of hydrogen-bond acceptors (Lipinski definition) is 5. The number of carbonyl (C=O) groups excluding carboxylic acids is 1. The average molecular weight is 377 g/mol. The zero-order valence-corrected chi connectivity index (χ0v) is 14.4. The number of amides is 1. The minimum absolute atomic E-state index is 0.0500. The van der Waals surface area contributed by atoms with Gasteiger partial charge in [-0.25, -0.2) is 0 Å². The highest BCUT2D eigenvalue weighted by Gasteiger charge is 2.33. The third kappa shape index (κ3) is 3.19. The predicted octanol–water partition coefficient (Wildman–Crippen LogP) is 4.65. The van der Waals surface area contributed by atoms with E-state index in [0.29, 0.717) is 20.5 Å². The number of nitrogens with zero attached hydrogens (tertiary/aromatic N) is 2. The number of thioether (sulfide) groups is 1. The molecule has 0 unspecified atom stereocenters. The van der Waals surface area contributed by atoms with Crippen LogP contribution in [0.15, 0.2) is 53.4 Å². The zero-order valence-electron chi connectivity index (χ0n) is 12.0. The van der Waals surface area contributed by atoms with Crippen LogP contribution in [-0.2, 0) is 4.79 Å². The van der Waals surface area contributed by atoms with Crippen LogP contribution in [0.3, 0.4) is 0 Å². The van der Waals surface area contributed by atoms with Crippen molar-refractivity contribution in [1.29, 1.82) is 0 Å². The molecule has 0 saturated carbocycles. The maximum absolute atomic E-state index is 12.6. The van der Waals surface area contributed by atoms with Gasteiger partial charge in [0.1, 0.15) is 5.02 Å². The Morgan fingerprint density at radius 2 is 1.92 bits per heavy atom. The monoisotopic (exact) mass is 376 g/mol. The molecule has 0 N–H and O–H groups in total. The first-order chi connectivity index (χ1) is 11.5. The van der Waals surface area contributed by atoms with Crippen LogP contribution in [0.2, 0.25) is 5.02 Å². The lowest BCUT2D eigenvalue weighted by molar-refractivity contribution is -0.384. The molecule has 1 amide bonds. The Morgan fingerprint density at radius 1 is 1.21 bits per heavy atom. The van der Waals surface area contributed by atoms with Crippen molar-refractivity contribution in [2.24, 2.45) is 0 Å². The molecular formula is C16H9ClN2O3S2. The number of rotatable bonds is 3. The van der Waals surface area contributed by atoms with Gasteiger partial charge in [0.15, 0.2) is 4.32 Å². The van der Waals surface area contributed by atoms with Gasteiger partial charge in [-0.05, 0) is 29.8 Å². The summed E-state index contributed by atoms with van der Waals surface area (Å²) in [5.41, 5.74) is 0.995. The third-order valence-corrected chi connectivity index (χ3v) is 4.89. The Balaban J connectivity index is 1.95. The van der Waals surface area contributed by atoms with Crippen molar-refractivity contribution in [3.8, 4) is 0 Å². The number of anilines is 1. The van der Waals surface area contributed by atoms with Crippen molar-refractivity contribution in [1.82, 2.24) is 0 Å². The lowest BCUT2D eigenvalue weighted by atomic mass is 10.2. The average Bonchev–Trinajstić information content (AvgIpc) is 2.83. The van der Waals surface area contributed by atoms with Gasteiger partial charge in [0, 0.05) is 6.07 Å². The van der Waals surface area contributed by atoms with E-state index in [2.05, 4.69) is 0 Å². The van der Waals surface area contributed by atoms with Crippen molar-refractivity contribution < 1.29 is 9.72 Å². The number of nitro groups is 1. The Bertz CT molecular complexity index is 884. The van der Waals surface area contributed by atoms with E-state index < -0.39 is 4.92 Å². The summed E-state index contributed by atoms with van der Waals surface area (Å²) in [7, 11) is 0. The van der Waals surface area contributed by atoms with Gasteiger partial charge < -0.3 is 0 Å². The van der Waals surface area contributed by atoms with Crippen molar-refractivity contribution >= 4 is 63.3 Å². The smallest absolute Gasteiger partial charge is 0.268 e. The van der Waals surface area contributed by atoms with Crippen LogP contribution in [0.1, 0.15) is 5.56 Å². The highest BCUT2D eigenvalue weighted by Crippen LogP contribution is 2.36. The zero-order chi connectivity index (χ0) is 17.3. The van der Waals surface area contributed by atoms with Crippen LogP contribution in [0, 0.1) is 10.1 Å². The Kier molecular flexibility index (Phi) is 4.66. The Hall–Kier alpha value is -2.22. The van der Waals surface area contributed by atoms with E-state index in [1.54, 1.807) is 24.3 Å². The third-order valence-electron chi connectivity index (χ3n) is 3.27. The molecule has 0 atom stereocenters. The number of carbonyl (C=O) groups is 1. The summed E-state index contributed by atoms with van der Waals surface area (Å²) < 4.78 is 0.418. The molecule has 1 aliphatic heterocycles. The lowest BCUT2D eigenvalue weighted by Gasteiger charge is -2.13. The summed E-state index contributed by atoms with van der Waals surface area (Å²) in [6.45, 7) is 0. The lowest BCUT2D eigenvalue weighted by Crippen LogP contribution is -2.27. The van der Waals surface area contributed by atoms with Crippen LogP contribution in [-0.4, -0.2) is 15.2 Å². The van der Waals surface area contributed by atoms with Gasteiger partial charge in [-0.2, -0.15) is 0 Å². The first kappa shape index (κ1) is 16.6. The van der Waals surface area contributed by atoms with E-state index in [1.165, 1.54) is 17.0 Å². The molecule has 0 bridgehead atoms. The van der Waals surface area contributed by atoms with Gasteiger partial charge >= 0.3 is 0 Å². The van der Waals surface area contributed by atoms with Crippen LogP contribution in [0.5, 0.6) is 0 Å². The quantitative estimate of drug-likeness (QED) is 0.337. The minimum atomic E-state index is -0.561. The van der Waals surface area contributed by atoms with E-state index in [0.717, 1.165) is 11.8 Å². The summed E-state index contributed by atoms with van der Waals surface area (Å²) in [4.78, 5) is 24.8. The molecule has 0 spiro atoms. The van der Waals surface area contributed by atoms with E-state index in [-0.39, 0.29) is 16.6 Å². The fraction of sp³-hybridized carbons (Fsp3) is 0. The Morgan fingerprint density at radius 3 is 2.58 bits per heavy atom. The SMILES string of the molecule is O=C1C(=Cc2ccc(Cl)c([N+](=O)[O-])c2)SC(=S)N1c1ccccc1. The maximum Gasteiger partial charge on any atom is 0.288 e. The molecule has 2 aromatic carbocycles. The topological polar surface area (TPSA) is 63.4 Å². The van der Waals surface area contributed by atoms with E-state index in [9.17, 15) is 14.9 Å². The number of nitro benzene ring substituents is 1. The fourth-order valence-electron chi connectivity index (χ4n) is 2.18. The molecule has 1 fully saturated rings. The highest BCUT2D eigenvalue weighted by molar-refractivity contribution is 8.27. The molecular weight excluding hydrogens is 368 g/mol. The molecule has 3 rings (SSSR count). The number of benzene rings is 2. The molecule has 0 aromatic heterocycles. The standard InChI is InChI=1S/C16H9ClN2O3S2/c17-12-7-6-10(8-13(12)19(21)22)9-14-15(20)18(16(23)24-14)11-4-2-1-3-5-11/h1-9H. The first-order valence-corrected chi connectivity index (χ1v) is 8.34. The molecule has 8 heteroatoms. The number of thiocarbonyl (C=S) groups is 1. The highest BCUT2D eigenvalue weighted by atomic mass is 35.5. The van der Waals surface area contributed by atoms with Gasteiger partial charge in [-0.1, -0.05) is 59.8 Å². The molecule has 0 radical (unpaired) electrons. The summed E-state index contributed by atoms with van der Waals surface area (Å²) in [6.07, 6.45) is 1.57. The largest absolute Gasteiger partial charge is 0.288 e. The summed E-state index contributed by atoms with van der Waals surface area (Å²) in [6, 6.07) is 13.5. The normalized spacial score (nSPS) is 16.0. The van der Waals surface area contributed by atoms with Crippen LogP contribution in [0.25, 0.3) is 6.08 Å². The van der Waals surface area contributed by atoms with Gasteiger partial charge in [0.25, 0.3) is 11.6 Å². The first-order valence-electron chi connectivity index (χ1n) is 6.74. The fourth-order valence-corrected chi connectivity index (χ4v) is 3.66. The van der Waals surface area contributed by atoms with Crippen molar-refractivity contribution in [3.63, 3.8) is 0 Å². The van der Waals surface area contributed by atoms with E-state index in [1.807, 2.05) is 18.2 Å². The van der Waals surface area contributed by atoms with Crippen LogP contribution < -0.4 is 4.90 Å². The second-order valence-corrected chi connectivity index (χ2v) is 6.90. The van der Waals surface area contributed by atoms with Gasteiger partial charge in [0.05, 0.1) is 15.5 Å². The van der Waals surface area contributed by atoms with Crippen LogP contribution >= 0.6 is 35.6 Å². The van der Waals surface area contributed by atoms with Crippen molar-refractivity contribution in [2.75, 3.05) is 4.90 Å². The number of para-hydroxylation sites is 1. The second kappa shape index (κ2) is 6.72. The number of hydrogen-bond donors (Lipinski definition) is 0. The minimum Gasteiger partial charge on any atom is -0.268 e. The number of halogens is 1. The van der Waals surface area contributed by atoms with Gasteiger partial charge in [0.2, 0.25) is 0 Å². The second-order valence-electron chi connectivity index (χ2n) is 4.82. The van der Waals surface area contributed by atoms with E-state index >= 15 is 0 Å². The van der Waals surface area contributed by atoms with Gasteiger partial charge in [-0.15, -0.1) is 0 Å². The predicted molar refractivity (Wildman–Crippen MR) is 100 cm³/mol. The van der Waals surface area contributed by atoms with Crippen molar-refractivity contribution in [3.05, 3.63) is 74.1 Å². The van der Waals surface area contributed by atoms with Crippen LogP contribution in [0.4, 0.5) is 11.4 Å². The molecule has 1 aliphatic rings. The molecule has 24 heavy (non-hydrogen) atoms. The molecule has 2 aromatic rings. The molecule has 1 heterocycles. The summed E-state index contributed by atoms with van der Waals surface area (Å²) in [5, 5.41) is 11.0. The Labute approximate surface area is 152 Å². The van der Waals surface area contributed by atoms with Gasteiger partial charge in [-0.3, -0.25) is 19.8 Å². The molecule has 1 saturated heterocycles. The maximum atomic E-state index is 12.6. The summed E-state index contributed by atoms with van der Waals surface area (Å²) in [5.74, 6) is -0.256. The molecule has 5 nitrogen and oxygen atoms in total. The van der Waals surface area contributed by atoms with E-state index in [4.69, 9.17) is 23.8 Å².